The number of nitrogens with zero attached hydrogens (tertiary/aromatic N) is 4. The van der Waals surface area contributed by atoms with E-state index >= 15 is 0 Å². The average molecular weight is 283 g/mol. The summed E-state index contributed by atoms with van der Waals surface area (Å²) in [7, 11) is 1.83. The van der Waals surface area contributed by atoms with E-state index in [4.69, 9.17) is 0 Å². The SMILES string of the molecule is Cc1cc(Nc2ccn(C)n2)c2cc([N+](=O)[O-])ccc2n1. The zero-order valence-corrected chi connectivity index (χ0v) is 11.6. The van der Waals surface area contributed by atoms with Crippen LogP contribution in [0, 0.1) is 17.0 Å². The fraction of sp³-hybridized carbons (Fsp3) is 0.143. The molecule has 21 heavy (non-hydrogen) atoms. The van der Waals surface area contributed by atoms with Gasteiger partial charge in [0, 0.05) is 42.5 Å². The highest BCUT2D eigenvalue weighted by Gasteiger charge is 2.11. The highest BCUT2D eigenvalue weighted by Crippen LogP contribution is 2.28. The zero-order valence-electron chi connectivity index (χ0n) is 11.6. The molecule has 2 heterocycles. The Labute approximate surface area is 120 Å². The normalized spacial score (nSPS) is 10.8. The first-order valence-electron chi connectivity index (χ1n) is 6.35. The summed E-state index contributed by atoms with van der Waals surface area (Å²) >= 11 is 0. The number of hydrogen-bond donors (Lipinski definition) is 1. The number of benzene rings is 1. The van der Waals surface area contributed by atoms with Gasteiger partial charge in [0.1, 0.15) is 0 Å². The van der Waals surface area contributed by atoms with Crippen molar-refractivity contribution < 1.29 is 4.92 Å². The van der Waals surface area contributed by atoms with E-state index in [9.17, 15) is 10.1 Å². The second-order valence-electron chi connectivity index (χ2n) is 4.77. The summed E-state index contributed by atoms with van der Waals surface area (Å²) in [4.78, 5) is 14.9. The number of aromatic nitrogens is 3. The number of nitro groups is 1. The quantitative estimate of drug-likeness (QED) is 0.590. The largest absolute Gasteiger partial charge is 0.338 e. The van der Waals surface area contributed by atoms with Crippen LogP contribution in [0.3, 0.4) is 0 Å². The molecule has 0 spiro atoms. The number of nitrogens with one attached hydrogen (secondary N) is 1. The lowest BCUT2D eigenvalue weighted by molar-refractivity contribution is -0.384. The summed E-state index contributed by atoms with van der Waals surface area (Å²) in [6.07, 6.45) is 1.82. The molecule has 2 aromatic heterocycles. The third-order valence-electron chi connectivity index (χ3n) is 3.11. The minimum Gasteiger partial charge on any atom is -0.338 e. The number of fused-ring (bicyclic) bond motifs is 1. The first-order valence-corrected chi connectivity index (χ1v) is 6.35. The number of aryl methyl sites for hydroxylation is 2. The van der Waals surface area contributed by atoms with Crippen LogP contribution in [0.5, 0.6) is 0 Å². The number of rotatable bonds is 3. The lowest BCUT2D eigenvalue weighted by atomic mass is 10.1. The van der Waals surface area contributed by atoms with Crippen molar-refractivity contribution in [2.45, 2.75) is 6.92 Å². The molecule has 3 aromatic rings. The Morgan fingerprint density at radius 2 is 2.10 bits per heavy atom. The Bertz CT molecular complexity index is 840. The van der Waals surface area contributed by atoms with Gasteiger partial charge in [-0.15, -0.1) is 0 Å². The number of nitro benzene ring substituents is 1. The third-order valence-corrected chi connectivity index (χ3v) is 3.11. The van der Waals surface area contributed by atoms with Crippen LogP contribution >= 0.6 is 0 Å². The molecule has 0 amide bonds. The van der Waals surface area contributed by atoms with E-state index in [1.54, 1.807) is 10.7 Å². The molecule has 0 bridgehead atoms. The van der Waals surface area contributed by atoms with Gasteiger partial charge in [0.2, 0.25) is 0 Å². The summed E-state index contributed by atoms with van der Waals surface area (Å²) in [6.45, 7) is 1.88. The maximum Gasteiger partial charge on any atom is 0.270 e. The van der Waals surface area contributed by atoms with Crippen LogP contribution in [0.1, 0.15) is 5.69 Å². The van der Waals surface area contributed by atoms with Crippen molar-refractivity contribution in [1.29, 1.82) is 0 Å². The van der Waals surface area contributed by atoms with E-state index in [2.05, 4.69) is 15.4 Å². The summed E-state index contributed by atoms with van der Waals surface area (Å²) in [5.74, 6) is 0.677. The molecule has 0 saturated heterocycles. The van der Waals surface area contributed by atoms with Crippen LogP contribution in [0.2, 0.25) is 0 Å². The molecule has 0 radical (unpaired) electrons. The van der Waals surface area contributed by atoms with Gasteiger partial charge in [0.25, 0.3) is 5.69 Å². The van der Waals surface area contributed by atoms with Crippen molar-refractivity contribution >= 4 is 28.1 Å². The minimum absolute atomic E-state index is 0.0391. The van der Waals surface area contributed by atoms with Gasteiger partial charge in [-0.3, -0.25) is 19.8 Å². The Morgan fingerprint density at radius 1 is 1.29 bits per heavy atom. The number of pyridine rings is 1. The smallest absolute Gasteiger partial charge is 0.270 e. The van der Waals surface area contributed by atoms with Gasteiger partial charge < -0.3 is 5.32 Å². The molecule has 0 aliphatic carbocycles. The van der Waals surface area contributed by atoms with Gasteiger partial charge >= 0.3 is 0 Å². The van der Waals surface area contributed by atoms with Gasteiger partial charge in [-0.25, -0.2) is 0 Å². The number of hydrogen-bond acceptors (Lipinski definition) is 5. The lowest BCUT2D eigenvalue weighted by Gasteiger charge is -2.08. The fourth-order valence-electron chi connectivity index (χ4n) is 2.18. The second kappa shape index (κ2) is 4.86. The highest BCUT2D eigenvalue weighted by molar-refractivity contribution is 5.94. The van der Waals surface area contributed by atoms with Gasteiger partial charge in [-0.1, -0.05) is 0 Å². The van der Waals surface area contributed by atoms with Crippen LogP contribution in [0.4, 0.5) is 17.2 Å². The van der Waals surface area contributed by atoms with E-state index in [-0.39, 0.29) is 5.69 Å². The number of anilines is 2. The third kappa shape index (κ3) is 2.53. The van der Waals surface area contributed by atoms with Gasteiger partial charge in [0.15, 0.2) is 5.82 Å². The predicted octanol–water partition coefficient (Wildman–Crippen LogP) is 2.93. The molecule has 3 rings (SSSR count). The molecule has 0 unspecified atom stereocenters. The Hall–Kier alpha value is -2.96. The van der Waals surface area contributed by atoms with E-state index in [1.807, 2.05) is 32.3 Å². The molecule has 0 fully saturated rings. The fourth-order valence-corrected chi connectivity index (χ4v) is 2.18. The van der Waals surface area contributed by atoms with E-state index in [0.29, 0.717) is 16.7 Å². The highest BCUT2D eigenvalue weighted by atomic mass is 16.6. The summed E-state index contributed by atoms with van der Waals surface area (Å²) in [5.41, 5.74) is 2.32. The maximum atomic E-state index is 10.9. The van der Waals surface area contributed by atoms with Gasteiger partial charge in [-0.2, -0.15) is 5.10 Å². The van der Waals surface area contributed by atoms with Crippen LogP contribution in [0.25, 0.3) is 10.9 Å². The molecule has 0 atom stereocenters. The Kier molecular flexibility index (Phi) is 3.02. The van der Waals surface area contributed by atoms with E-state index in [0.717, 1.165) is 11.4 Å². The molecule has 7 nitrogen and oxygen atoms in total. The molecule has 7 heteroatoms. The molecular formula is C14H13N5O2. The first-order chi connectivity index (χ1) is 10.0. The first kappa shape index (κ1) is 13.0. The molecular weight excluding hydrogens is 270 g/mol. The summed E-state index contributed by atoms with van der Waals surface area (Å²) in [6, 6.07) is 8.32. The molecule has 0 aliphatic heterocycles. The van der Waals surface area contributed by atoms with Crippen molar-refractivity contribution in [2.75, 3.05) is 5.32 Å². The van der Waals surface area contributed by atoms with E-state index < -0.39 is 4.92 Å². The monoisotopic (exact) mass is 283 g/mol. The van der Waals surface area contributed by atoms with Gasteiger partial charge in [0.05, 0.1) is 16.1 Å². The van der Waals surface area contributed by atoms with Crippen molar-refractivity contribution in [1.82, 2.24) is 14.8 Å². The summed E-state index contributed by atoms with van der Waals surface area (Å²) < 4.78 is 1.68. The topological polar surface area (TPSA) is 85.9 Å². The molecule has 106 valence electrons. The maximum absolute atomic E-state index is 10.9. The summed E-state index contributed by atoms with van der Waals surface area (Å²) in [5, 5.41) is 19.1. The molecule has 0 saturated carbocycles. The molecule has 0 aliphatic rings. The zero-order chi connectivity index (χ0) is 15.0. The molecule has 1 N–H and O–H groups in total. The minimum atomic E-state index is -0.413. The second-order valence-corrected chi connectivity index (χ2v) is 4.77. The average Bonchev–Trinajstić information content (AvgIpc) is 2.83. The van der Waals surface area contributed by atoms with Crippen LogP contribution < -0.4 is 5.32 Å². The Morgan fingerprint density at radius 3 is 2.76 bits per heavy atom. The van der Waals surface area contributed by atoms with Crippen molar-refractivity contribution in [3.8, 4) is 0 Å². The predicted molar refractivity (Wildman–Crippen MR) is 79.6 cm³/mol. The van der Waals surface area contributed by atoms with Gasteiger partial charge in [-0.05, 0) is 19.1 Å². The van der Waals surface area contributed by atoms with Crippen LogP contribution in [0.15, 0.2) is 36.5 Å². The van der Waals surface area contributed by atoms with Crippen LogP contribution in [-0.2, 0) is 7.05 Å². The molecule has 1 aromatic carbocycles. The lowest BCUT2D eigenvalue weighted by Crippen LogP contribution is -1.97. The van der Waals surface area contributed by atoms with E-state index in [1.165, 1.54) is 12.1 Å². The van der Waals surface area contributed by atoms with Crippen molar-refractivity contribution in [2.24, 2.45) is 7.05 Å². The Balaban J connectivity index is 2.14. The van der Waals surface area contributed by atoms with Crippen molar-refractivity contribution in [3.63, 3.8) is 0 Å². The number of non-ortho nitro benzene ring substituents is 1. The van der Waals surface area contributed by atoms with Crippen molar-refractivity contribution in [3.05, 3.63) is 52.3 Å². The van der Waals surface area contributed by atoms with Crippen LogP contribution in [-0.4, -0.2) is 19.7 Å². The standard InChI is InChI=1S/C14H13N5O2/c1-9-7-13(16-14-5-6-18(2)17-14)11-8-10(19(20)21)3-4-12(11)15-9/h3-8H,1-2H3,(H,15,16,17).